The summed E-state index contributed by atoms with van der Waals surface area (Å²) in [6, 6.07) is 4.36. The van der Waals surface area contributed by atoms with Crippen LogP contribution < -0.4 is 11.1 Å². The van der Waals surface area contributed by atoms with Gasteiger partial charge in [0.1, 0.15) is 5.58 Å². The van der Waals surface area contributed by atoms with E-state index in [-0.39, 0.29) is 24.4 Å². The average molecular weight is 337 g/mol. The number of halogens is 1. The molecule has 1 aromatic heterocycles. The first-order valence-electron chi connectivity index (χ1n) is 8.06. The van der Waals surface area contributed by atoms with E-state index in [2.05, 4.69) is 25.2 Å². The van der Waals surface area contributed by atoms with Crippen LogP contribution in [0.5, 0.6) is 0 Å². The zero-order chi connectivity index (χ0) is 15.7. The fourth-order valence-electron chi connectivity index (χ4n) is 3.47. The predicted octanol–water partition coefficient (Wildman–Crippen LogP) is 3.26. The van der Waals surface area contributed by atoms with Crippen molar-refractivity contribution in [3.05, 3.63) is 35.1 Å². The average Bonchev–Trinajstić information content (AvgIpc) is 3.10. The maximum absolute atomic E-state index is 12.3. The number of nitrogens with two attached hydrogens (primary N) is 1. The normalized spacial score (nSPS) is 20.5. The van der Waals surface area contributed by atoms with Crippen LogP contribution in [0.2, 0.25) is 0 Å². The van der Waals surface area contributed by atoms with E-state index >= 15 is 0 Å². The Hall–Kier alpha value is -1.52. The highest BCUT2D eigenvalue weighted by Gasteiger charge is 2.27. The molecule has 3 rings (SSSR count). The largest absolute Gasteiger partial charge is 0.464 e. The van der Waals surface area contributed by atoms with Crippen LogP contribution >= 0.6 is 12.4 Å². The van der Waals surface area contributed by atoms with Crippen LogP contribution in [-0.2, 0) is 11.2 Å². The van der Waals surface area contributed by atoms with Crippen LogP contribution in [0.3, 0.4) is 0 Å². The van der Waals surface area contributed by atoms with Gasteiger partial charge in [0.25, 0.3) is 0 Å². The van der Waals surface area contributed by atoms with E-state index < -0.39 is 0 Å². The summed E-state index contributed by atoms with van der Waals surface area (Å²) in [5, 5.41) is 4.19. The predicted molar refractivity (Wildman–Crippen MR) is 95.0 cm³/mol. The van der Waals surface area contributed by atoms with Crippen molar-refractivity contribution >= 4 is 29.3 Å². The number of hydrogen-bond acceptors (Lipinski definition) is 3. The van der Waals surface area contributed by atoms with Crippen molar-refractivity contribution in [1.29, 1.82) is 0 Å². The van der Waals surface area contributed by atoms with Crippen LogP contribution in [0.25, 0.3) is 11.0 Å². The Morgan fingerprint density at radius 2 is 2.13 bits per heavy atom. The number of carbonyl (C=O) groups is 1. The fraction of sp³-hybridized carbons (Fsp3) is 0.500. The molecule has 2 atom stereocenters. The minimum Gasteiger partial charge on any atom is -0.464 e. The molecule has 0 saturated heterocycles. The minimum absolute atomic E-state index is 0. The van der Waals surface area contributed by atoms with Crippen molar-refractivity contribution < 1.29 is 9.21 Å². The molecule has 1 saturated carbocycles. The summed E-state index contributed by atoms with van der Waals surface area (Å²) in [4.78, 5) is 12.3. The van der Waals surface area contributed by atoms with Crippen molar-refractivity contribution in [2.45, 2.75) is 45.6 Å². The highest BCUT2D eigenvalue weighted by Crippen LogP contribution is 2.27. The van der Waals surface area contributed by atoms with Gasteiger partial charge in [0, 0.05) is 17.0 Å². The van der Waals surface area contributed by atoms with Crippen LogP contribution in [0.4, 0.5) is 0 Å². The van der Waals surface area contributed by atoms with E-state index in [9.17, 15) is 4.79 Å². The standard InChI is InChI=1S/C18H24N2O2.ClH/c1-11-6-7-15-14(10-22-18(15)12(11)2)8-17(21)20-16-5-3-4-13(16)9-19;/h6-7,10,13,16H,3-5,8-9,19H2,1-2H3,(H,20,21);1H. The number of aryl methyl sites for hydroxylation is 2. The first-order valence-corrected chi connectivity index (χ1v) is 8.06. The third kappa shape index (κ3) is 3.54. The van der Waals surface area contributed by atoms with Crippen LogP contribution in [0.15, 0.2) is 22.8 Å². The molecular formula is C18H25ClN2O2. The second-order valence-electron chi connectivity index (χ2n) is 6.42. The van der Waals surface area contributed by atoms with Crippen LogP contribution in [0, 0.1) is 19.8 Å². The lowest BCUT2D eigenvalue weighted by atomic mass is 10.0. The zero-order valence-electron chi connectivity index (χ0n) is 13.7. The van der Waals surface area contributed by atoms with Gasteiger partial charge in [0.2, 0.25) is 5.91 Å². The summed E-state index contributed by atoms with van der Waals surface area (Å²) in [6.07, 6.45) is 5.39. The lowest BCUT2D eigenvalue weighted by Gasteiger charge is -2.19. The number of furan rings is 1. The minimum atomic E-state index is 0. The van der Waals surface area contributed by atoms with Gasteiger partial charge in [-0.25, -0.2) is 0 Å². The van der Waals surface area contributed by atoms with E-state index in [4.69, 9.17) is 10.2 Å². The van der Waals surface area contributed by atoms with Crippen molar-refractivity contribution in [2.75, 3.05) is 6.54 Å². The molecule has 4 nitrogen and oxygen atoms in total. The topological polar surface area (TPSA) is 68.3 Å². The van der Waals surface area contributed by atoms with E-state index in [1.54, 1.807) is 6.26 Å². The van der Waals surface area contributed by atoms with Gasteiger partial charge >= 0.3 is 0 Å². The number of carbonyl (C=O) groups excluding carboxylic acids is 1. The van der Waals surface area contributed by atoms with Crippen LogP contribution in [-0.4, -0.2) is 18.5 Å². The molecule has 5 heteroatoms. The van der Waals surface area contributed by atoms with Gasteiger partial charge < -0.3 is 15.5 Å². The smallest absolute Gasteiger partial charge is 0.224 e. The Bertz CT molecular complexity index is 696. The molecule has 1 aliphatic rings. The molecule has 1 amide bonds. The number of rotatable bonds is 4. The Morgan fingerprint density at radius 3 is 2.87 bits per heavy atom. The Labute approximate surface area is 143 Å². The Kier molecular flexibility index (Phi) is 5.71. The fourth-order valence-corrected chi connectivity index (χ4v) is 3.47. The summed E-state index contributed by atoms with van der Waals surface area (Å²) < 4.78 is 5.67. The first-order chi connectivity index (χ1) is 10.6. The van der Waals surface area contributed by atoms with Gasteiger partial charge in [0.05, 0.1) is 12.7 Å². The molecule has 0 radical (unpaired) electrons. The van der Waals surface area contributed by atoms with Gasteiger partial charge in [0.15, 0.2) is 0 Å². The molecule has 2 aromatic rings. The molecular weight excluding hydrogens is 312 g/mol. The summed E-state index contributed by atoms with van der Waals surface area (Å²) in [5.41, 5.74) is 9.97. The molecule has 2 unspecified atom stereocenters. The van der Waals surface area contributed by atoms with E-state index in [0.29, 0.717) is 18.9 Å². The quantitative estimate of drug-likeness (QED) is 0.900. The van der Waals surface area contributed by atoms with Gasteiger partial charge in [-0.15, -0.1) is 12.4 Å². The summed E-state index contributed by atoms with van der Waals surface area (Å²) in [6.45, 7) is 4.77. The number of benzene rings is 1. The first kappa shape index (κ1) is 17.8. The second kappa shape index (κ2) is 7.37. The van der Waals surface area contributed by atoms with Gasteiger partial charge in [-0.05, 0) is 50.3 Å². The van der Waals surface area contributed by atoms with E-state index in [1.807, 2.05) is 6.07 Å². The molecule has 1 aliphatic carbocycles. The summed E-state index contributed by atoms with van der Waals surface area (Å²) in [7, 11) is 0. The lowest BCUT2D eigenvalue weighted by molar-refractivity contribution is -0.121. The maximum atomic E-state index is 12.3. The third-order valence-electron chi connectivity index (χ3n) is 5.00. The van der Waals surface area contributed by atoms with Crippen LogP contribution in [0.1, 0.15) is 36.0 Å². The SMILES string of the molecule is Cc1ccc2c(CC(=O)NC3CCCC3CN)coc2c1C.Cl. The number of nitrogens with one attached hydrogen (secondary N) is 1. The van der Waals surface area contributed by atoms with E-state index in [0.717, 1.165) is 41.4 Å². The van der Waals surface area contributed by atoms with Crippen molar-refractivity contribution in [3.8, 4) is 0 Å². The number of hydrogen-bond donors (Lipinski definition) is 2. The monoisotopic (exact) mass is 336 g/mol. The molecule has 1 fully saturated rings. The maximum Gasteiger partial charge on any atom is 0.224 e. The summed E-state index contributed by atoms with van der Waals surface area (Å²) in [5.74, 6) is 0.487. The molecule has 0 bridgehead atoms. The molecule has 23 heavy (non-hydrogen) atoms. The summed E-state index contributed by atoms with van der Waals surface area (Å²) >= 11 is 0. The highest BCUT2D eigenvalue weighted by molar-refractivity contribution is 5.89. The highest BCUT2D eigenvalue weighted by atomic mass is 35.5. The third-order valence-corrected chi connectivity index (χ3v) is 5.00. The molecule has 3 N–H and O–H groups in total. The van der Waals surface area contributed by atoms with Crippen molar-refractivity contribution in [1.82, 2.24) is 5.32 Å². The van der Waals surface area contributed by atoms with Gasteiger partial charge in [-0.1, -0.05) is 18.6 Å². The zero-order valence-corrected chi connectivity index (χ0v) is 14.5. The van der Waals surface area contributed by atoms with Crippen molar-refractivity contribution in [2.24, 2.45) is 11.7 Å². The Morgan fingerprint density at radius 1 is 1.35 bits per heavy atom. The second-order valence-corrected chi connectivity index (χ2v) is 6.42. The molecule has 1 aromatic carbocycles. The van der Waals surface area contributed by atoms with Gasteiger partial charge in [-0.2, -0.15) is 0 Å². The Balaban J connectivity index is 0.00000192. The lowest BCUT2D eigenvalue weighted by Crippen LogP contribution is -2.40. The molecule has 0 aliphatic heterocycles. The number of fused-ring (bicyclic) bond motifs is 1. The number of amides is 1. The molecule has 0 spiro atoms. The van der Waals surface area contributed by atoms with Crippen molar-refractivity contribution in [3.63, 3.8) is 0 Å². The van der Waals surface area contributed by atoms with Gasteiger partial charge in [-0.3, -0.25) is 4.79 Å². The van der Waals surface area contributed by atoms with E-state index in [1.165, 1.54) is 5.56 Å². The molecule has 126 valence electrons. The molecule has 1 heterocycles.